The van der Waals surface area contributed by atoms with Gasteiger partial charge in [0.15, 0.2) is 0 Å². The average molecular weight is 322 g/mol. The van der Waals surface area contributed by atoms with Gasteiger partial charge >= 0.3 is 6.09 Å². The van der Waals surface area contributed by atoms with Gasteiger partial charge in [-0.15, -0.1) is 0 Å². The van der Waals surface area contributed by atoms with Crippen LogP contribution >= 0.6 is 11.6 Å². The fraction of sp³-hybridized carbons (Fsp3) is 0.500. The number of nitrogens with one attached hydrogen (secondary N) is 1. The predicted octanol–water partition coefficient (Wildman–Crippen LogP) is 3.11. The number of ether oxygens (including phenoxy) is 1. The molecule has 1 atom stereocenters. The van der Waals surface area contributed by atoms with Crippen LogP contribution in [0, 0.1) is 11.3 Å². The molecular weight excluding hydrogens is 302 g/mol. The fourth-order valence-electron chi connectivity index (χ4n) is 2.19. The van der Waals surface area contributed by atoms with E-state index in [0.29, 0.717) is 18.1 Å². The molecule has 0 bridgehead atoms. The van der Waals surface area contributed by atoms with Crippen molar-refractivity contribution >= 4 is 17.7 Å². The summed E-state index contributed by atoms with van der Waals surface area (Å²) in [7, 11) is 0. The molecule has 5 nitrogen and oxygen atoms in total. The number of hydrogen-bond donors (Lipinski definition) is 1. The highest BCUT2D eigenvalue weighted by Gasteiger charge is 2.34. The van der Waals surface area contributed by atoms with E-state index in [1.807, 2.05) is 32.9 Å². The maximum Gasteiger partial charge on any atom is 0.410 e. The molecule has 0 saturated carbocycles. The van der Waals surface area contributed by atoms with E-state index >= 15 is 0 Å². The largest absolute Gasteiger partial charge is 0.444 e. The second-order valence-electron chi connectivity index (χ2n) is 6.37. The Hall–Kier alpha value is -1.77. The first-order valence-corrected chi connectivity index (χ1v) is 7.55. The van der Waals surface area contributed by atoms with Crippen molar-refractivity contribution in [1.82, 2.24) is 10.2 Å². The quantitative estimate of drug-likeness (QED) is 0.929. The minimum absolute atomic E-state index is 0.0798. The molecule has 1 aliphatic rings. The molecule has 22 heavy (non-hydrogen) atoms. The Bertz CT molecular complexity index is 586. The minimum Gasteiger partial charge on any atom is -0.444 e. The summed E-state index contributed by atoms with van der Waals surface area (Å²) in [6.45, 7) is 6.59. The standard InChI is InChI=1S/C16H20ClN3O2/c1-16(2,3)22-15(21)20-9-13(10-20)19-14(8-18)11-5-4-6-12(17)7-11/h4-7,13-14,19H,9-10H2,1-3H3/t14-/m1/s1. The maximum absolute atomic E-state index is 11.8. The van der Waals surface area contributed by atoms with Crippen molar-refractivity contribution < 1.29 is 9.53 Å². The summed E-state index contributed by atoms with van der Waals surface area (Å²) in [5, 5.41) is 13.1. The highest BCUT2D eigenvalue weighted by Crippen LogP contribution is 2.21. The SMILES string of the molecule is CC(C)(C)OC(=O)N1CC(N[C@H](C#N)c2cccc(Cl)c2)C1. The number of rotatable bonds is 3. The normalized spacial score (nSPS) is 16.6. The summed E-state index contributed by atoms with van der Waals surface area (Å²) in [5.74, 6) is 0. The maximum atomic E-state index is 11.8. The van der Waals surface area contributed by atoms with Gasteiger partial charge < -0.3 is 9.64 Å². The lowest BCUT2D eigenvalue weighted by molar-refractivity contribution is 0.00475. The molecule has 1 saturated heterocycles. The fourth-order valence-corrected chi connectivity index (χ4v) is 2.39. The van der Waals surface area contributed by atoms with Crippen LogP contribution in [0.1, 0.15) is 32.4 Å². The van der Waals surface area contributed by atoms with Gasteiger partial charge in [0.1, 0.15) is 11.6 Å². The average Bonchev–Trinajstić information content (AvgIpc) is 2.35. The molecule has 0 spiro atoms. The first-order chi connectivity index (χ1) is 10.3. The minimum atomic E-state index is -0.494. The number of amides is 1. The molecule has 0 unspecified atom stereocenters. The van der Waals surface area contributed by atoms with Crippen LogP contribution < -0.4 is 5.32 Å². The van der Waals surface area contributed by atoms with Crippen LogP contribution in [-0.2, 0) is 4.74 Å². The third-order valence-corrected chi connectivity index (χ3v) is 3.48. The van der Waals surface area contributed by atoms with E-state index in [-0.39, 0.29) is 12.1 Å². The van der Waals surface area contributed by atoms with E-state index in [1.54, 1.807) is 17.0 Å². The molecule has 6 heteroatoms. The van der Waals surface area contributed by atoms with Gasteiger partial charge in [-0.1, -0.05) is 23.7 Å². The summed E-state index contributed by atoms with van der Waals surface area (Å²) in [4.78, 5) is 13.5. The van der Waals surface area contributed by atoms with Crippen molar-refractivity contribution in [3.63, 3.8) is 0 Å². The topological polar surface area (TPSA) is 65.4 Å². The molecule has 1 aliphatic heterocycles. The number of likely N-dealkylation sites (tertiary alicyclic amines) is 1. The highest BCUT2D eigenvalue weighted by molar-refractivity contribution is 6.30. The van der Waals surface area contributed by atoms with Gasteiger partial charge in [0.2, 0.25) is 0 Å². The number of benzene rings is 1. The molecule has 1 aromatic rings. The van der Waals surface area contributed by atoms with Gasteiger partial charge in [0.25, 0.3) is 0 Å². The molecule has 1 fully saturated rings. The molecule has 118 valence electrons. The molecule has 0 aromatic heterocycles. The molecule has 1 N–H and O–H groups in total. The molecule has 2 rings (SSSR count). The number of carbonyl (C=O) groups is 1. The van der Waals surface area contributed by atoms with E-state index < -0.39 is 11.6 Å². The van der Waals surface area contributed by atoms with Crippen LogP contribution in [0.15, 0.2) is 24.3 Å². The van der Waals surface area contributed by atoms with Crippen molar-refractivity contribution in [1.29, 1.82) is 5.26 Å². The zero-order chi connectivity index (χ0) is 16.3. The van der Waals surface area contributed by atoms with Crippen LogP contribution in [0.4, 0.5) is 4.79 Å². The molecule has 0 aliphatic carbocycles. The lowest BCUT2D eigenvalue weighted by Gasteiger charge is -2.41. The van der Waals surface area contributed by atoms with Crippen molar-refractivity contribution in [3.05, 3.63) is 34.9 Å². The van der Waals surface area contributed by atoms with Crippen LogP contribution in [0.25, 0.3) is 0 Å². The summed E-state index contributed by atoms with van der Waals surface area (Å²) in [6, 6.07) is 9.08. The van der Waals surface area contributed by atoms with Gasteiger partial charge in [0.05, 0.1) is 6.07 Å². The van der Waals surface area contributed by atoms with E-state index in [9.17, 15) is 10.1 Å². The third-order valence-electron chi connectivity index (χ3n) is 3.25. The summed E-state index contributed by atoms with van der Waals surface area (Å²) < 4.78 is 5.30. The number of nitriles is 1. The first kappa shape index (κ1) is 16.6. The van der Waals surface area contributed by atoms with Crippen LogP contribution in [0.2, 0.25) is 5.02 Å². The lowest BCUT2D eigenvalue weighted by atomic mass is 10.0. The van der Waals surface area contributed by atoms with Crippen LogP contribution in [-0.4, -0.2) is 35.7 Å². The zero-order valence-electron chi connectivity index (χ0n) is 13.0. The monoisotopic (exact) mass is 321 g/mol. The third kappa shape index (κ3) is 4.36. The predicted molar refractivity (Wildman–Crippen MR) is 84.5 cm³/mol. The molecule has 0 radical (unpaired) electrons. The van der Waals surface area contributed by atoms with E-state index in [2.05, 4.69) is 11.4 Å². The first-order valence-electron chi connectivity index (χ1n) is 7.17. The Kier molecular flexibility index (Phi) is 4.94. The smallest absolute Gasteiger partial charge is 0.410 e. The Balaban J connectivity index is 1.86. The number of carbonyl (C=O) groups excluding carboxylic acids is 1. The van der Waals surface area contributed by atoms with E-state index in [1.165, 1.54) is 0 Å². The molecule has 1 heterocycles. The Labute approximate surface area is 135 Å². The van der Waals surface area contributed by atoms with E-state index in [4.69, 9.17) is 16.3 Å². The van der Waals surface area contributed by atoms with Gasteiger partial charge in [-0.2, -0.15) is 5.26 Å². The zero-order valence-corrected chi connectivity index (χ0v) is 13.7. The van der Waals surface area contributed by atoms with Crippen molar-refractivity contribution in [2.24, 2.45) is 0 Å². The summed E-state index contributed by atoms with van der Waals surface area (Å²) in [6.07, 6.45) is -0.318. The highest BCUT2D eigenvalue weighted by atomic mass is 35.5. The van der Waals surface area contributed by atoms with Crippen LogP contribution in [0.3, 0.4) is 0 Å². The Morgan fingerprint density at radius 1 is 1.50 bits per heavy atom. The second kappa shape index (κ2) is 6.55. The molecule has 1 aromatic carbocycles. The van der Waals surface area contributed by atoms with Gasteiger partial charge in [-0.05, 0) is 38.5 Å². The number of nitrogens with zero attached hydrogens (tertiary/aromatic N) is 2. The van der Waals surface area contributed by atoms with Crippen molar-refractivity contribution in [3.8, 4) is 6.07 Å². The molecule has 1 amide bonds. The van der Waals surface area contributed by atoms with Gasteiger partial charge in [-0.25, -0.2) is 4.79 Å². The Morgan fingerprint density at radius 3 is 2.73 bits per heavy atom. The number of halogens is 1. The molecular formula is C16H20ClN3O2. The van der Waals surface area contributed by atoms with Crippen LogP contribution in [0.5, 0.6) is 0 Å². The Morgan fingerprint density at radius 2 is 2.18 bits per heavy atom. The number of hydrogen-bond acceptors (Lipinski definition) is 4. The summed E-state index contributed by atoms with van der Waals surface area (Å²) >= 11 is 5.95. The lowest BCUT2D eigenvalue weighted by Crippen LogP contribution is -2.60. The van der Waals surface area contributed by atoms with E-state index in [0.717, 1.165) is 5.56 Å². The second-order valence-corrected chi connectivity index (χ2v) is 6.80. The van der Waals surface area contributed by atoms with Crippen molar-refractivity contribution in [2.75, 3.05) is 13.1 Å². The van der Waals surface area contributed by atoms with Gasteiger partial charge in [0, 0.05) is 24.2 Å². The summed E-state index contributed by atoms with van der Waals surface area (Å²) in [5.41, 5.74) is 0.330. The van der Waals surface area contributed by atoms with Gasteiger partial charge in [-0.3, -0.25) is 5.32 Å². The van der Waals surface area contributed by atoms with Crippen molar-refractivity contribution in [2.45, 2.75) is 38.5 Å².